The predicted octanol–water partition coefficient (Wildman–Crippen LogP) is 2.93. The zero-order valence-corrected chi connectivity index (χ0v) is 12.9. The summed E-state index contributed by atoms with van der Waals surface area (Å²) in [5, 5.41) is 8.48. The quantitative estimate of drug-likeness (QED) is 0.660. The van der Waals surface area contributed by atoms with Gasteiger partial charge in [0, 0.05) is 30.0 Å². The minimum atomic E-state index is -0.643. The van der Waals surface area contributed by atoms with Crippen LogP contribution in [0.4, 0.5) is 21.9 Å². The maximum Gasteiger partial charge on any atom is 0.316 e. The van der Waals surface area contributed by atoms with E-state index in [1.807, 2.05) is 31.2 Å². The van der Waals surface area contributed by atoms with Gasteiger partial charge in [0.25, 0.3) is 0 Å². The van der Waals surface area contributed by atoms with Crippen LogP contribution in [0.1, 0.15) is 12.0 Å². The molecule has 0 unspecified atom stereocenters. The van der Waals surface area contributed by atoms with Gasteiger partial charge in [0.1, 0.15) is 0 Å². The average Bonchev–Trinajstić information content (AvgIpc) is 2.49. The highest BCUT2D eigenvalue weighted by molar-refractivity contribution is 5.93. The Kier molecular flexibility index (Phi) is 5.57. The standard InChI is InChI=1S/C17H20N4O2/c1-12-5-2-3-8-15(12)19-10-9-16(22)20-13-6-4-7-14(11-13)21-17(18)23/h2-8,11,19H,9-10H2,1H3,(H,20,22)(H3,18,21,23). The fourth-order valence-corrected chi connectivity index (χ4v) is 2.12. The minimum absolute atomic E-state index is 0.109. The highest BCUT2D eigenvalue weighted by Gasteiger charge is 2.04. The second kappa shape index (κ2) is 7.84. The number of urea groups is 1. The molecule has 0 aliphatic carbocycles. The van der Waals surface area contributed by atoms with E-state index in [1.54, 1.807) is 24.3 Å². The number of amides is 3. The minimum Gasteiger partial charge on any atom is -0.384 e. The van der Waals surface area contributed by atoms with Gasteiger partial charge in [0.15, 0.2) is 0 Å². The Hall–Kier alpha value is -3.02. The number of nitrogens with two attached hydrogens (primary N) is 1. The normalized spacial score (nSPS) is 9.96. The van der Waals surface area contributed by atoms with E-state index in [4.69, 9.17) is 5.73 Å². The number of nitrogens with one attached hydrogen (secondary N) is 3. The lowest BCUT2D eigenvalue weighted by atomic mass is 10.2. The number of carbonyl (C=O) groups is 2. The maximum atomic E-state index is 12.0. The fourth-order valence-electron chi connectivity index (χ4n) is 2.12. The van der Waals surface area contributed by atoms with E-state index in [0.717, 1.165) is 11.3 Å². The largest absolute Gasteiger partial charge is 0.384 e. The lowest BCUT2D eigenvalue weighted by molar-refractivity contribution is -0.115. The summed E-state index contributed by atoms with van der Waals surface area (Å²) in [6, 6.07) is 14.1. The van der Waals surface area contributed by atoms with Crippen LogP contribution in [0.25, 0.3) is 0 Å². The van der Waals surface area contributed by atoms with Crippen molar-refractivity contribution in [2.45, 2.75) is 13.3 Å². The second-order valence-corrected chi connectivity index (χ2v) is 5.11. The van der Waals surface area contributed by atoms with Crippen LogP contribution in [0.5, 0.6) is 0 Å². The number of aryl methyl sites for hydroxylation is 1. The third kappa shape index (κ3) is 5.35. The highest BCUT2D eigenvalue weighted by Crippen LogP contribution is 2.15. The Morgan fingerprint density at radius 1 is 1.00 bits per heavy atom. The number of rotatable bonds is 6. The second-order valence-electron chi connectivity index (χ2n) is 5.11. The van der Waals surface area contributed by atoms with Crippen molar-refractivity contribution in [1.29, 1.82) is 0 Å². The number of primary amides is 1. The molecule has 23 heavy (non-hydrogen) atoms. The van der Waals surface area contributed by atoms with Crippen molar-refractivity contribution < 1.29 is 9.59 Å². The molecule has 6 heteroatoms. The monoisotopic (exact) mass is 312 g/mol. The molecule has 120 valence electrons. The van der Waals surface area contributed by atoms with Crippen molar-refractivity contribution in [3.8, 4) is 0 Å². The van der Waals surface area contributed by atoms with Crippen molar-refractivity contribution in [3.05, 3.63) is 54.1 Å². The maximum absolute atomic E-state index is 12.0. The summed E-state index contributed by atoms with van der Waals surface area (Å²) >= 11 is 0. The molecule has 0 saturated heterocycles. The van der Waals surface area contributed by atoms with Crippen molar-refractivity contribution >= 4 is 29.0 Å². The van der Waals surface area contributed by atoms with Gasteiger partial charge in [-0.3, -0.25) is 4.79 Å². The Morgan fingerprint density at radius 2 is 1.70 bits per heavy atom. The number of benzene rings is 2. The van der Waals surface area contributed by atoms with Crippen molar-refractivity contribution in [3.63, 3.8) is 0 Å². The van der Waals surface area contributed by atoms with Crippen LogP contribution >= 0.6 is 0 Å². The molecule has 5 N–H and O–H groups in total. The van der Waals surface area contributed by atoms with Crippen LogP contribution in [-0.4, -0.2) is 18.5 Å². The molecule has 0 saturated carbocycles. The van der Waals surface area contributed by atoms with Gasteiger partial charge >= 0.3 is 6.03 Å². The summed E-state index contributed by atoms with van der Waals surface area (Å²) in [7, 11) is 0. The van der Waals surface area contributed by atoms with Crippen LogP contribution < -0.4 is 21.7 Å². The van der Waals surface area contributed by atoms with Crippen molar-refractivity contribution in [1.82, 2.24) is 0 Å². The Labute approximate surface area is 135 Å². The molecule has 0 atom stereocenters. The first-order valence-electron chi connectivity index (χ1n) is 7.30. The van der Waals surface area contributed by atoms with Gasteiger partial charge < -0.3 is 21.7 Å². The van der Waals surface area contributed by atoms with Crippen molar-refractivity contribution in [2.75, 3.05) is 22.5 Å². The molecule has 0 heterocycles. The smallest absolute Gasteiger partial charge is 0.316 e. The Bertz CT molecular complexity index is 700. The van der Waals surface area contributed by atoms with Gasteiger partial charge in [-0.2, -0.15) is 0 Å². The molecule has 2 aromatic rings. The van der Waals surface area contributed by atoms with E-state index in [0.29, 0.717) is 24.3 Å². The van der Waals surface area contributed by atoms with E-state index >= 15 is 0 Å². The lowest BCUT2D eigenvalue weighted by Gasteiger charge is -2.10. The van der Waals surface area contributed by atoms with Crippen LogP contribution in [0, 0.1) is 6.92 Å². The van der Waals surface area contributed by atoms with E-state index in [9.17, 15) is 9.59 Å². The SMILES string of the molecule is Cc1ccccc1NCCC(=O)Nc1cccc(NC(N)=O)c1. The molecular weight excluding hydrogens is 292 g/mol. The molecule has 0 spiro atoms. The zero-order valence-electron chi connectivity index (χ0n) is 12.9. The van der Waals surface area contributed by atoms with Gasteiger partial charge in [-0.25, -0.2) is 4.79 Å². The van der Waals surface area contributed by atoms with Crippen LogP contribution in [0.15, 0.2) is 48.5 Å². The van der Waals surface area contributed by atoms with Gasteiger partial charge in [-0.1, -0.05) is 24.3 Å². The van der Waals surface area contributed by atoms with Crippen LogP contribution in [-0.2, 0) is 4.79 Å². The molecule has 0 fully saturated rings. The van der Waals surface area contributed by atoms with Crippen LogP contribution in [0.2, 0.25) is 0 Å². The van der Waals surface area contributed by atoms with Gasteiger partial charge in [-0.15, -0.1) is 0 Å². The summed E-state index contributed by atoms with van der Waals surface area (Å²) in [6.07, 6.45) is 0.335. The summed E-state index contributed by atoms with van der Waals surface area (Å²) in [6.45, 7) is 2.55. The highest BCUT2D eigenvalue weighted by atomic mass is 16.2. The summed E-state index contributed by atoms with van der Waals surface area (Å²) < 4.78 is 0. The van der Waals surface area contributed by atoms with E-state index in [2.05, 4.69) is 16.0 Å². The third-order valence-corrected chi connectivity index (χ3v) is 3.23. The topological polar surface area (TPSA) is 96.2 Å². The fraction of sp³-hybridized carbons (Fsp3) is 0.176. The lowest BCUT2D eigenvalue weighted by Crippen LogP contribution is -2.19. The summed E-state index contributed by atoms with van der Waals surface area (Å²) in [5.74, 6) is -0.109. The number of anilines is 3. The molecular formula is C17H20N4O2. The predicted molar refractivity (Wildman–Crippen MR) is 92.6 cm³/mol. The molecule has 0 aliphatic heterocycles. The third-order valence-electron chi connectivity index (χ3n) is 3.23. The summed E-state index contributed by atoms with van der Waals surface area (Å²) in [4.78, 5) is 22.8. The molecule has 0 radical (unpaired) electrons. The molecule has 0 aromatic heterocycles. The van der Waals surface area contributed by atoms with Gasteiger partial charge in [0.2, 0.25) is 5.91 Å². The molecule has 0 bridgehead atoms. The Balaban J connectivity index is 1.83. The average molecular weight is 312 g/mol. The number of carbonyl (C=O) groups excluding carboxylic acids is 2. The molecule has 3 amide bonds. The van der Waals surface area contributed by atoms with E-state index in [-0.39, 0.29) is 5.91 Å². The number of hydrogen-bond acceptors (Lipinski definition) is 3. The molecule has 0 aliphatic rings. The molecule has 2 aromatic carbocycles. The van der Waals surface area contributed by atoms with E-state index < -0.39 is 6.03 Å². The van der Waals surface area contributed by atoms with Crippen LogP contribution in [0.3, 0.4) is 0 Å². The first kappa shape index (κ1) is 16.4. The molecule has 2 rings (SSSR count). The van der Waals surface area contributed by atoms with Crippen molar-refractivity contribution in [2.24, 2.45) is 5.73 Å². The van der Waals surface area contributed by atoms with E-state index in [1.165, 1.54) is 0 Å². The number of para-hydroxylation sites is 1. The zero-order chi connectivity index (χ0) is 16.7. The number of hydrogen-bond donors (Lipinski definition) is 4. The summed E-state index contributed by atoms with van der Waals surface area (Å²) in [5.41, 5.74) is 8.37. The molecule has 6 nitrogen and oxygen atoms in total. The Morgan fingerprint density at radius 3 is 2.39 bits per heavy atom. The first-order valence-corrected chi connectivity index (χ1v) is 7.30. The van der Waals surface area contributed by atoms with Gasteiger partial charge in [-0.05, 0) is 36.8 Å². The first-order chi connectivity index (χ1) is 11.0. The van der Waals surface area contributed by atoms with Gasteiger partial charge in [0.05, 0.1) is 0 Å².